The molecule has 0 N–H and O–H groups in total. The number of nitriles is 1. The molecule has 1 atom stereocenters. The van der Waals surface area contributed by atoms with Gasteiger partial charge in [-0.15, -0.1) is 0 Å². The van der Waals surface area contributed by atoms with Crippen molar-refractivity contribution < 1.29 is 9.53 Å². The van der Waals surface area contributed by atoms with Gasteiger partial charge in [-0.05, 0) is 36.3 Å². The quantitative estimate of drug-likeness (QED) is 0.688. The highest BCUT2D eigenvalue weighted by atomic mass is 32.2. The van der Waals surface area contributed by atoms with Crippen molar-refractivity contribution in [2.45, 2.75) is 13.5 Å². The lowest BCUT2D eigenvalue weighted by Crippen LogP contribution is -2.30. The van der Waals surface area contributed by atoms with E-state index in [0.29, 0.717) is 23.2 Å². The Hall–Kier alpha value is -3.04. The summed E-state index contributed by atoms with van der Waals surface area (Å²) in [5.41, 5.74) is 2.31. The van der Waals surface area contributed by atoms with Crippen molar-refractivity contribution >= 4 is 28.9 Å². The molecule has 1 aliphatic rings. The molecule has 0 fully saturated rings. The van der Waals surface area contributed by atoms with Crippen LogP contribution in [0.5, 0.6) is 5.75 Å². The first-order chi connectivity index (χ1) is 13.6. The number of carbonyl (C=O) groups is 1. The van der Waals surface area contributed by atoms with Crippen LogP contribution in [0.2, 0.25) is 0 Å². The molecule has 0 spiro atoms. The highest BCUT2D eigenvalue weighted by Crippen LogP contribution is 2.27. The molecule has 1 heterocycles. The number of aliphatic imine (C=N–C) groups is 1. The van der Waals surface area contributed by atoms with Crippen molar-refractivity contribution in [2.24, 2.45) is 10.9 Å². The molecule has 0 aliphatic carbocycles. The third kappa shape index (κ3) is 4.81. The average molecular weight is 391 g/mol. The fourth-order valence-corrected chi connectivity index (χ4v) is 3.58. The smallest absolute Gasteiger partial charge is 0.278 e. The Morgan fingerprint density at radius 2 is 1.93 bits per heavy atom. The lowest BCUT2D eigenvalue weighted by Gasteiger charge is -2.18. The van der Waals surface area contributed by atoms with Crippen molar-refractivity contribution in [3.05, 3.63) is 71.4 Å². The van der Waals surface area contributed by atoms with Crippen molar-refractivity contribution in [2.75, 3.05) is 12.9 Å². The average Bonchev–Trinajstić information content (AvgIpc) is 3.02. The van der Waals surface area contributed by atoms with E-state index >= 15 is 0 Å². The lowest BCUT2D eigenvalue weighted by molar-refractivity contribution is -0.122. The van der Waals surface area contributed by atoms with Gasteiger partial charge in [-0.1, -0.05) is 54.2 Å². The number of hydrogen-bond donors (Lipinski definition) is 0. The number of methoxy groups -OCH3 is 1. The van der Waals surface area contributed by atoms with Gasteiger partial charge in [-0.25, -0.2) is 4.99 Å². The summed E-state index contributed by atoms with van der Waals surface area (Å²) in [4.78, 5) is 19.2. The van der Waals surface area contributed by atoms with Gasteiger partial charge in [0.1, 0.15) is 11.4 Å². The van der Waals surface area contributed by atoms with E-state index in [-0.39, 0.29) is 11.8 Å². The third-order valence-corrected chi connectivity index (χ3v) is 5.43. The maximum atomic E-state index is 13.0. The van der Waals surface area contributed by atoms with E-state index in [4.69, 9.17) is 10.00 Å². The van der Waals surface area contributed by atoms with Crippen molar-refractivity contribution in [3.63, 3.8) is 0 Å². The first kappa shape index (κ1) is 19.7. The molecule has 1 amide bonds. The summed E-state index contributed by atoms with van der Waals surface area (Å²) in [5.74, 6) is 1.10. The van der Waals surface area contributed by atoms with E-state index in [1.807, 2.05) is 61.5 Å². The van der Waals surface area contributed by atoms with Gasteiger partial charge in [0.15, 0.2) is 5.17 Å². The predicted molar refractivity (Wildman–Crippen MR) is 113 cm³/mol. The van der Waals surface area contributed by atoms with Crippen molar-refractivity contribution in [1.29, 1.82) is 5.26 Å². The molecule has 3 rings (SSSR count). The number of thioether (sulfide) groups is 1. The highest BCUT2D eigenvalue weighted by Gasteiger charge is 2.30. The lowest BCUT2D eigenvalue weighted by atomic mass is 10.1. The number of benzene rings is 2. The number of carbonyl (C=O) groups excluding carboxylic acids is 1. The third-order valence-electron chi connectivity index (χ3n) is 4.20. The fraction of sp³-hybridized carbons (Fsp3) is 0.227. The Labute approximate surface area is 169 Å². The number of rotatable bonds is 6. The summed E-state index contributed by atoms with van der Waals surface area (Å²) in [7, 11) is 1.62. The molecule has 142 valence electrons. The largest absolute Gasteiger partial charge is 0.497 e. The summed E-state index contributed by atoms with van der Waals surface area (Å²) in [5, 5.41) is 9.68. The Balaban J connectivity index is 1.85. The fourth-order valence-electron chi connectivity index (χ4n) is 2.64. The highest BCUT2D eigenvalue weighted by molar-refractivity contribution is 8.13. The molecule has 2 aromatic carbocycles. The molecule has 0 saturated heterocycles. The van der Waals surface area contributed by atoms with Crippen LogP contribution >= 0.6 is 11.8 Å². The zero-order valence-electron chi connectivity index (χ0n) is 15.8. The second kappa shape index (κ2) is 9.25. The first-order valence-electron chi connectivity index (χ1n) is 8.93. The molecule has 28 heavy (non-hydrogen) atoms. The standard InChI is InChI=1S/C22H21N3O2S/c1-16(13-23)15-28-22-24-20(12-17-8-10-19(27-2)11-9-17)21(26)25(22)14-18-6-4-3-5-7-18/h3-12,16H,14-15H2,1-2H3/b20-12-/t16-/m1/s1. The van der Waals surface area contributed by atoms with Crippen molar-refractivity contribution in [3.8, 4) is 11.8 Å². The van der Waals surface area contributed by atoms with Gasteiger partial charge in [0.25, 0.3) is 5.91 Å². The monoisotopic (exact) mass is 391 g/mol. The van der Waals surface area contributed by atoms with Gasteiger partial charge in [0.05, 0.1) is 25.6 Å². The normalized spacial score (nSPS) is 16.0. The predicted octanol–water partition coefficient (Wildman–Crippen LogP) is 4.33. The maximum Gasteiger partial charge on any atom is 0.278 e. The van der Waals surface area contributed by atoms with Crippen LogP contribution in [-0.2, 0) is 11.3 Å². The van der Waals surface area contributed by atoms with Gasteiger partial charge in [-0.2, -0.15) is 5.26 Å². The molecule has 2 aromatic rings. The zero-order chi connectivity index (χ0) is 19.9. The van der Waals surface area contributed by atoms with E-state index in [1.165, 1.54) is 11.8 Å². The second-order valence-electron chi connectivity index (χ2n) is 6.42. The summed E-state index contributed by atoms with van der Waals surface area (Å²) in [6.07, 6.45) is 1.78. The zero-order valence-corrected chi connectivity index (χ0v) is 16.6. The Bertz CT molecular complexity index is 931. The molecule has 0 aromatic heterocycles. The molecular weight excluding hydrogens is 370 g/mol. The number of amides is 1. The van der Waals surface area contributed by atoms with Crippen LogP contribution in [-0.4, -0.2) is 28.8 Å². The first-order valence-corrected chi connectivity index (χ1v) is 9.92. The van der Waals surface area contributed by atoms with E-state index in [2.05, 4.69) is 11.1 Å². The summed E-state index contributed by atoms with van der Waals surface area (Å²) in [6.45, 7) is 2.31. The summed E-state index contributed by atoms with van der Waals surface area (Å²) >= 11 is 1.44. The Morgan fingerprint density at radius 3 is 2.57 bits per heavy atom. The molecule has 0 unspecified atom stereocenters. The number of hydrogen-bond acceptors (Lipinski definition) is 5. The van der Waals surface area contributed by atoms with Gasteiger partial charge in [0.2, 0.25) is 0 Å². The van der Waals surface area contributed by atoms with Crippen LogP contribution in [0, 0.1) is 17.2 Å². The molecule has 0 saturated carbocycles. The van der Waals surface area contributed by atoms with Crippen molar-refractivity contribution in [1.82, 2.24) is 4.90 Å². The molecule has 0 radical (unpaired) electrons. The van der Waals surface area contributed by atoms with Crippen LogP contribution < -0.4 is 4.74 Å². The van der Waals surface area contributed by atoms with Gasteiger partial charge < -0.3 is 4.74 Å². The van der Waals surface area contributed by atoms with Crippen LogP contribution in [0.25, 0.3) is 6.08 Å². The number of amidine groups is 1. The van der Waals surface area contributed by atoms with Crippen LogP contribution in [0.4, 0.5) is 0 Å². The van der Waals surface area contributed by atoms with E-state index < -0.39 is 0 Å². The van der Waals surface area contributed by atoms with Gasteiger partial charge in [0, 0.05) is 5.75 Å². The minimum absolute atomic E-state index is 0.115. The molecule has 0 bridgehead atoms. The number of ether oxygens (including phenoxy) is 1. The SMILES string of the molecule is COc1ccc(/C=C2\N=C(SC[C@H](C)C#N)N(Cc3ccccc3)C2=O)cc1. The minimum atomic E-state index is -0.133. The van der Waals surface area contributed by atoms with Gasteiger partial charge >= 0.3 is 0 Å². The van der Waals surface area contributed by atoms with E-state index in [1.54, 1.807) is 18.1 Å². The minimum Gasteiger partial charge on any atom is -0.497 e. The van der Waals surface area contributed by atoms with Crippen LogP contribution in [0.15, 0.2) is 65.3 Å². The topological polar surface area (TPSA) is 65.7 Å². The number of nitrogens with zero attached hydrogens (tertiary/aromatic N) is 3. The summed E-state index contributed by atoms with van der Waals surface area (Å²) in [6, 6.07) is 19.5. The Morgan fingerprint density at radius 1 is 1.21 bits per heavy atom. The maximum absolute atomic E-state index is 13.0. The molecular formula is C22H21N3O2S. The van der Waals surface area contributed by atoms with E-state index in [9.17, 15) is 4.79 Å². The van der Waals surface area contributed by atoms with Crippen LogP contribution in [0.3, 0.4) is 0 Å². The Kier molecular flexibility index (Phi) is 6.51. The molecule has 6 heteroatoms. The molecule has 1 aliphatic heterocycles. The molecule has 5 nitrogen and oxygen atoms in total. The van der Waals surface area contributed by atoms with E-state index in [0.717, 1.165) is 16.9 Å². The second-order valence-corrected chi connectivity index (χ2v) is 7.40. The summed E-state index contributed by atoms with van der Waals surface area (Å²) < 4.78 is 5.17. The van der Waals surface area contributed by atoms with Crippen LogP contribution in [0.1, 0.15) is 18.1 Å². The van der Waals surface area contributed by atoms with Gasteiger partial charge in [-0.3, -0.25) is 9.69 Å².